The van der Waals surface area contributed by atoms with Gasteiger partial charge in [-0.2, -0.15) is 0 Å². The number of amides is 1. The second kappa shape index (κ2) is 10.2. The molecule has 1 saturated heterocycles. The maximum Gasteiger partial charge on any atom is 0.252 e. The second-order valence-electron chi connectivity index (χ2n) is 9.24. The first kappa shape index (κ1) is 24.1. The van der Waals surface area contributed by atoms with E-state index in [1.165, 1.54) is 12.1 Å². The number of nitrogens with zero attached hydrogens (tertiary/aromatic N) is 5. The Hall–Kier alpha value is -3.59. The molecule has 4 aromatic rings. The Labute approximate surface area is 208 Å². The number of carbonyl (C=O) groups is 1. The number of piperazine rings is 1. The molecule has 2 aromatic carbocycles. The summed E-state index contributed by atoms with van der Waals surface area (Å²) in [4.78, 5) is 26.7. The van der Waals surface area contributed by atoms with Gasteiger partial charge in [0, 0.05) is 51.7 Å². The fourth-order valence-corrected chi connectivity index (χ4v) is 4.97. The molecule has 1 aliphatic heterocycles. The summed E-state index contributed by atoms with van der Waals surface area (Å²) in [5, 5.41) is 3.83. The number of halogens is 2. The van der Waals surface area contributed by atoms with Crippen molar-refractivity contribution in [2.24, 2.45) is 7.05 Å². The van der Waals surface area contributed by atoms with Crippen LogP contribution in [0.4, 0.5) is 14.6 Å². The van der Waals surface area contributed by atoms with Gasteiger partial charge in [0.25, 0.3) is 5.91 Å². The molecule has 0 aliphatic carbocycles. The molecular weight excluding hydrogens is 462 g/mol. The molecule has 0 unspecified atom stereocenters. The molecule has 1 amide bonds. The highest BCUT2D eigenvalue weighted by molar-refractivity contribution is 6.18. The monoisotopic (exact) mass is 492 g/mol. The molecule has 3 heterocycles. The van der Waals surface area contributed by atoms with Crippen molar-refractivity contribution in [2.45, 2.75) is 19.8 Å². The molecule has 7 nitrogen and oxygen atoms in total. The third kappa shape index (κ3) is 4.51. The van der Waals surface area contributed by atoms with Gasteiger partial charge >= 0.3 is 0 Å². The van der Waals surface area contributed by atoms with Crippen molar-refractivity contribution in [3.05, 3.63) is 65.5 Å². The van der Waals surface area contributed by atoms with Gasteiger partial charge in [0.05, 0.1) is 11.1 Å². The lowest BCUT2D eigenvalue weighted by Crippen LogP contribution is -2.47. The van der Waals surface area contributed by atoms with Gasteiger partial charge in [0.15, 0.2) is 17.5 Å². The molecule has 0 saturated carbocycles. The molecule has 2 aromatic heterocycles. The molecule has 0 bridgehead atoms. The first-order valence-electron chi connectivity index (χ1n) is 12.4. The fourth-order valence-electron chi connectivity index (χ4n) is 4.97. The van der Waals surface area contributed by atoms with Gasteiger partial charge in [-0.1, -0.05) is 19.1 Å². The van der Waals surface area contributed by atoms with Crippen LogP contribution in [-0.2, 0) is 13.5 Å². The average Bonchev–Trinajstić information content (AvgIpc) is 3.20. The zero-order valence-corrected chi connectivity index (χ0v) is 20.6. The predicted octanol–water partition coefficient (Wildman–Crippen LogP) is 3.90. The highest BCUT2D eigenvalue weighted by Gasteiger charge is 2.24. The van der Waals surface area contributed by atoms with E-state index in [1.54, 1.807) is 12.4 Å². The summed E-state index contributed by atoms with van der Waals surface area (Å²) in [7, 11) is 1.99. The highest BCUT2D eigenvalue weighted by Crippen LogP contribution is 2.34. The van der Waals surface area contributed by atoms with Crippen molar-refractivity contribution in [3.63, 3.8) is 0 Å². The summed E-state index contributed by atoms with van der Waals surface area (Å²) >= 11 is 0. The van der Waals surface area contributed by atoms with E-state index in [-0.39, 0.29) is 5.91 Å². The Morgan fingerprint density at radius 3 is 2.61 bits per heavy atom. The molecule has 0 spiro atoms. The molecule has 1 aliphatic rings. The summed E-state index contributed by atoms with van der Waals surface area (Å²) in [6.45, 7) is 6.68. The second-order valence-corrected chi connectivity index (χ2v) is 9.24. The van der Waals surface area contributed by atoms with Crippen molar-refractivity contribution >= 4 is 33.7 Å². The van der Waals surface area contributed by atoms with Crippen molar-refractivity contribution in [3.8, 4) is 0 Å². The minimum absolute atomic E-state index is 0.0928. The van der Waals surface area contributed by atoms with Crippen LogP contribution in [0.3, 0.4) is 0 Å². The van der Waals surface area contributed by atoms with Crippen molar-refractivity contribution in [1.29, 1.82) is 0 Å². The summed E-state index contributed by atoms with van der Waals surface area (Å²) in [6.07, 6.45) is 3.12. The molecular formula is C27H30F2N6O. The van der Waals surface area contributed by atoms with Crippen LogP contribution in [-0.4, -0.2) is 64.6 Å². The summed E-state index contributed by atoms with van der Waals surface area (Å²) in [6, 6.07) is 9.86. The number of fused-ring (bicyclic) bond motifs is 3. The van der Waals surface area contributed by atoms with Gasteiger partial charge in [-0.3, -0.25) is 9.69 Å². The molecule has 9 heteroatoms. The van der Waals surface area contributed by atoms with Crippen LogP contribution in [0.15, 0.2) is 42.7 Å². The molecule has 36 heavy (non-hydrogen) atoms. The van der Waals surface area contributed by atoms with Gasteiger partial charge in [0.2, 0.25) is 0 Å². The maximum absolute atomic E-state index is 13.5. The third-order valence-electron chi connectivity index (χ3n) is 6.93. The van der Waals surface area contributed by atoms with Crippen LogP contribution < -0.4 is 10.2 Å². The number of aryl methyl sites for hydroxylation is 1. The van der Waals surface area contributed by atoms with Crippen LogP contribution in [0, 0.1) is 11.6 Å². The van der Waals surface area contributed by atoms with Gasteiger partial charge in [-0.05, 0) is 42.7 Å². The van der Waals surface area contributed by atoms with Gasteiger partial charge in [-0.25, -0.2) is 18.7 Å². The van der Waals surface area contributed by atoms with Crippen LogP contribution in [0.25, 0.3) is 21.9 Å². The molecule has 5 rings (SSSR count). The van der Waals surface area contributed by atoms with Gasteiger partial charge < -0.3 is 14.8 Å². The first-order valence-corrected chi connectivity index (χ1v) is 12.4. The Balaban J connectivity index is 1.36. The van der Waals surface area contributed by atoms with E-state index in [1.807, 2.05) is 32.2 Å². The fraction of sp³-hybridized carbons (Fsp3) is 0.370. The van der Waals surface area contributed by atoms with E-state index in [4.69, 9.17) is 0 Å². The van der Waals surface area contributed by atoms with E-state index < -0.39 is 11.6 Å². The number of anilines is 1. The Morgan fingerprint density at radius 1 is 1.06 bits per heavy atom. The maximum atomic E-state index is 13.5. The van der Waals surface area contributed by atoms with E-state index >= 15 is 0 Å². The largest absolute Gasteiger partial charge is 0.352 e. The number of hydrogen-bond acceptors (Lipinski definition) is 5. The number of benzene rings is 2. The standard InChI is InChI=1S/C27H30F2N6O/c1-3-10-30-27(36)19-5-4-6-22-23(19)24-25(33(22)2)26(32-17-31-24)35-14-12-34(13-15-35)11-9-18-7-8-20(28)21(29)16-18/h4-8,16-17H,3,9-15H2,1-2H3,(H,30,36). The minimum Gasteiger partial charge on any atom is -0.352 e. The zero-order chi connectivity index (χ0) is 25.2. The molecule has 0 atom stereocenters. The number of carbonyl (C=O) groups excluding carboxylic acids is 1. The first-order chi connectivity index (χ1) is 17.5. The van der Waals surface area contributed by atoms with Crippen molar-refractivity contribution in [1.82, 2.24) is 24.8 Å². The van der Waals surface area contributed by atoms with Crippen molar-refractivity contribution < 1.29 is 13.6 Å². The normalized spacial score (nSPS) is 14.6. The van der Waals surface area contributed by atoms with Crippen LogP contribution in [0.1, 0.15) is 29.3 Å². The number of hydrogen-bond donors (Lipinski definition) is 1. The summed E-state index contributed by atoms with van der Waals surface area (Å²) in [5.74, 6) is -0.847. The van der Waals surface area contributed by atoms with Crippen molar-refractivity contribution in [2.75, 3.05) is 44.2 Å². The van der Waals surface area contributed by atoms with Crippen LogP contribution >= 0.6 is 0 Å². The SMILES string of the molecule is CCCNC(=O)c1cccc2c1c1ncnc(N3CCN(CCc4ccc(F)c(F)c4)CC3)c1n2C. The molecule has 0 radical (unpaired) electrons. The lowest BCUT2D eigenvalue weighted by Gasteiger charge is -2.35. The number of aromatic nitrogens is 3. The summed E-state index contributed by atoms with van der Waals surface area (Å²) in [5.41, 5.74) is 4.06. The third-order valence-corrected chi connectivity index (χ3v) is 6.93. The predicted molar refractivity (Wildman–Crippen MR) is 137 cm³/mol. The van der Waals surface area contributed by atoms with E-state index in [9.17, 15) is 13.6 Å². The van der Waals surface area contributed by atoms with E-state index in [0.717, 1.165) is 72.5 Å². The molecule has 1 fully saturated rings. The van der Waals surface area contributed by atoms with Crippen LogP contribution in [0.2, 0.25) is 0 Å². The topological polar surface area (TPSA) is 66.3 Å². The zero-order valence-electron chi connectivity index (χ0n) is 20.6. The number of rotatable bonds is 7. The quantitative estimate of drug-likeness (QED) is 0.424. The molecule has 1 N–H and O–H groups in total. The van der Waals surface area contributed by atoms with Gasteiger partial charge in [0.1, 0.15) is 17.4 Å². The smallest absolute Gasteiger partial charge is 0.252 e. The highest BCUT2D eigenvalue weighted by atomic mass is 19.2. The van der Waals surface area contributed by atoms with Crippen LogP contribution in [0.5, 0.6) is 0 Å². The lowest BCUT2D eigenvalue weighted by atomic mass is 10.1. The Kier molecular flexibility index (Phi) is 6.82. The lowest BCUT2D eigenvalue weighted by molar-refractivity contribution is 0.0955. The van der Waals surface area contributed by atoms with Gasteiger partial charge in [-0.15, -0.1) is 0 Å². The Morgan fingerprint density at radius 2 is 1.86 bits per heavy atom. The number of nitrogens with one attached hydrogen (secondary N) is 1. The minimum atomic E-state index is -0.814. The van der Waals surface area contributed by atoms with E-state index in [0.29, 0.717) is 18.5 Å². The average molecular weight is 493 g/mol. The molecule has 188 valence electrons. The summed E-state index contributed by atoms with van der Waals surface area (Å²) < 4.78 is 28.8. The Bertz CT molecular complexity index is 1410. The van der Waals surface area contributed by atoms with E-state index in [2.05, 4.69) is 29.7 Å².